The molecule has 0 saturated carbocycles. The highest BCUT2D eigenvalue weighted by Crippen LogP contribution is 2.19. The van der Waals surface area contributed by atoms with Gasteiger partial charge in [-0.15, -0.1) is 11.3 Å². The maximum Gasteiger partial charge on any atom is 0.328 e. The SMILES string of the molecule is CN(Cc1cccs1)c1ccc(/C=C/C(=O)O)cc1. The summed E-state index contributed by atoms with van der Waals surface area (Å²) in [7, 11) is 2.04. The number of rotatable bonds is 5. The Morgan fingerprint density at radius 2 is 2.05 bits per heavy atom. The summed E-state index contributed by atoms with van der Waals surface area (Å²) in [6, 6.07) is 12.0. The highest BCUT2D eigenvalue weighted by molar-refractivity contribution is 7.09. The van der Waals surface area contributed by atoms with E-state index < -0.39 is 5.97 Å². The lowest BCUT2D eigenvalue weighted by Crippen LogP contribution is -2.15. The standard InChI is InChI=1S/C15H15NO2S/c1-16(11-14-3-2-10-19-14)13-7-4-12(5-8-13)6-9-15(17)18/h2-10H,11H2,1H3,(H,17,18)/b9-6+. The smallest absolute Gasteiger partial charge is 0.328 e. The van der Waals surface area contributed by atoms with Crippen LogP contribution in [0.5, 0.6) is 0 Å². The number of anilines is 1. The number of benzene rings is 1. The van der Waals surface area contributed by atoms with Crippen molar-refractivity contribution in [2.45, 2.75) is 6.54 Å². The molecule has 1 aromatic carbocycles. The number of hydrogen-bond acceptors (Lipinski definition) is 3. The van der Waals surface area contributed by atoms with Crippen molar-refractivity contribution in [2.75, 3.05) is 11.9 Å². The molecule has 2 aromatic rings. The number of carbonyl (C=O) groups is 1. The molecule has 0 aliphatic heterocycles. The van der Waals surface area contributed by atoms with E-state index >= 15 is 0 Å². The molecule has 0 bridgehead atoms. The van der Waals surface area contributed by atoms with Gasteiger partial charge in [0, 0.05) is 23.7 Å². The van der Waals surface area contributed by atoms with Gasteiger partial charge in [-0.3, -0.25) is 0 Å². The van der Waals surface area contributed by atoms with Crippen LogP contribution in [0.25, 0.3) is 6.08 Å². The Bertz CT molecular complexity index is 558. The zero-order valence-corrected chi connectivity index (χ0v) is 11.4. The molecule has 98 valence electrons. The van der Waals surface area contributed by atoms with Gasteiger partial charge in [0.2, 0.25) is 0 Å². The molecule has 0 unspecified atom stereocenters. The summed E-state index contributed by atoms with van der Waals surface area (Å²) in [4.78, 5) is 13.9. The van der Waals surface area contributed by atoms with Crippen LogP contribution in [0.15, 0.2) is 47.9 Å². The Labute approximate surface area is 116 Å². The van der Waals surface area contributed by atoms with Crippen LogP contribution in [0.3, 0.4) is 0 Å². The minimum absolute atomic E-state index is 0.877. The van der Waals surface area contributed by atoms with Gasteiger partial charge < -0.3 is 10.0 Å². The Balaban J connectivity index is 2.03. The maximum absolute atomic E-state index is 10.4. The molecule has 0 aliphatic rings. The molecule has 1 N–H and O–H groups in total. The number of carboxylic acids is 1. The Morgan fingerprint density at radius 1 is 1.32 bits per heavy atom. The Hall–Kier alpha value is -2.07. The van der Waals surface area contributed by atoms with Crippen LogP contribution >= 0.6 is 11.3 Å². The Morgan fingerprint density at radius 3 is 2.63 bits per heavy atom. The molecule has 0 aliphatic carbocycles. The molecule has 1 heterocycles. The van der Waals surface area contributed by atoms with Gasteiger partial charge in [0.15, 0.2) is 0 Å². The van der Waals surface area contributed by atoms with Crippen molar-refractivity contribution in [3.63, 3.8) is 0 Å². The molecule has 0 fully saturated rings. The van der Waals surface area contributed by atoms with Gasteiger partial charge in [-0.2, -0.15) is 0 Å². The number of nitrogens with zero attached hydrogens (tertiary/aromatic N) is 1. The van der Waals surface area contributed by atoms with E-state index in [1.165, 1.54) is 4.88 Å². The summed E-state index contributed by atoms with van der Waals surface area (Å²) >= 11 is 1.74. The fraction of sp³-hybridized carbons (Fsp3) is 0.133. The van der Waals surface area contributed by atoms with Crippen molar-refractivity contribution in [3.8, 4) is 0 Å². The van der Waals surface area contributed by atoms with Gasteiger partial charge in [-0.25, -0.2) is 4.79 Å². The van der Waals surface area contributed by atoms with E-state index in [1.54, 1.807) is 17.4 Å². The van der Waals surface area contributed by atoms with Crippen molar-refractivity contribution < 1.29 is 9.90 Å². The minimum atomic E-state index is -0.932. The molecule has 1 aromatic heterocycles. The van der Waals surface area contributed by atoms with Crippen LogP contribution in [0, 0.1) is 0 Å². The minimum Gasteiger partial charge on any atom is -0.478 e. The first-order valence-electron chi connectivity index (χ1n) is 5.90. The average molecular weight is 273 g/mol. The van der Waals surface area contributed by atoms with Crippen LogP contribution in [-0.4, -0.2) is 18.1 Å². The van der Waals surface area contributed by atoms with Crippen molar-refractivity contribution in [3.05, 3.63) is 58.3 Å². The molecule has 3 nitrogen and oxygen atoms in total. The third-order valence-corrected chi connectivity index (χ3v) is 3.59. The van der Waals surface area contributed by atoms with Crippen molar-refractivity contribution in [1.29, 1.82) is 0 Å². The van der Waals surface area contributed by atoms with Gasteiger partial charge in [0.05, 0.1) is 6.54 Å². The zero-order valence-electron chi connectivity index (χ0n) is 10.6. The monoisotopic (exact) mass is 273 g/mol. The number of thiophene rings is 1. The van der Waals surface area contributed by atoms with E-state index in [0.717, 1.165) is 23.9 Å². The van der Waals surface area contributed by atoms with Crippen LogP contribution in [0.1, 0.15) is 10.4 Å². The van der Waals surface area contributed by atoms with Crippen molar-refractivity contribution in [1.82, 2.24) is 0 Å². The lowest BCUT2D eigenvalue weighted by molar-refractivity contribution is -0.131. The number of hydrogen-bond donors (Lipinski definition) is 1. The molecule has 0 atom stereocenters. The van der Waals surface area contributed by atoms with E-state index in [-0.39, 0.29) is 0 Å². The summed E-state index contributed by atoms with van der Waals surface area (Å²) in [5.74, 6) is -0.932. The predicted molar refractivity (Wildman–Crippen MR) is 79.5 cm³/mol. The van der Waals surface area contributed by atoms with Crippen LogP contribution in [0.2, 0.25) is 0 Å². The van der Waals surface area contributed by atoms with Gasteiger partial charge in [-0.1, -0.05) is 18.2 Å². The molecule has 0 amide bonds. The summed E-state index contributed by atoms with van der Waals surface area (Å²) in [6.07, 6.45) is 2.73. The van der Waals surface area contributed by atoms with Crippen LogP contribution < -0.4 is 4.90 Å². The van der Waals surface area contributed by atoms with Crippen molar-refractivity contribution in [2.24, 2.45) is 0 Å². The molecule has 19 heavy (non-hydrogen) atoms. The normalized spacial score (nSPS) is 10.8. The predicted octanol–water partition coefficient (Wildman–Crippen LogP) is 3.48. The second-order valence-corrected chi connectivity index (χ2v) is 5.23. The second kappa shape index (κ2) is 6.20. The van der Waals surface area contributed by atoms with E-state index in [2.05, 4.69) is 16.3 Å². The fourth-order valence-corrected chi connectivity index (χ4v) is 2.49. The van der Waals surface area contributed by atoms with E-state index in [1.807, 2.05) is 37.4 Å². The second-order valence-electron chi connectivity index (χ2n) is 4.20. The van der Waals surface area contributed by atoms with Crippen LogP contribution in [-0.2, 0) is 11.3 Å². The summed E-state index contributed by atoms with van der Waals surface area (Å²) in [5.41, 5.74) is 2.00. The van der Waals surface area contributed by atoms with Gasteiger partial charge in [-0.05, 0) is 35.2 Å². The third-order valence-electron chi connectivity index (χ3n) is 2.73. The first-order chi connectivity index (χ1) is 9.15. The van der Waals surface area contributed by atoms with E-state index in [4.69, 9.17) is 5.11 Å². The summed E-state index contributed by atoms with van der Waals surface area (Å²) in [5, 5.41) is 10.6. The summed E-state index contributed by atoms with van der Waals surface area (Å²) < 4.78 is 0. The lowest BCUT2D eigenvalue weighted by Gasteiger charge is -2.18. The van der Waals surface area contributed by atoms with Gasteiger partial charge in [0.1, 0.15) is 0 Å². The maximum atomic E-state index is 10.4. The third kappa shape index (κ3) is 3.96. The molecular formula is C15H15NO2S. The topological polar surface area (TPSA) is 40.5 Å². The van der Waals surface area contributed by atoms with Crippen molar-refractivity contribution >= 4 is 29.1 Å². The molecule has 0 saturated heterocycles. The Kier molecular flexibility index (Phi) is 4.36. The van der Waals surface area contributed by atoms with E-state index in [0.29, 0.717) is 0 Å². The van der Waals surface area contributed by atoms with Gasteiger partial charge >= 0.3 is 5.97 Å². The summed E-state index contributed by atoms with van der Waals surface area (Å²) in [6.45, 7) is 0.877. The molecule has 4 heteroatoms. The van der Waals surface area contributed by atoms with E-state index in [9.17, 15) is 4.79 Å². The molecule has 0 radical (unpaired) electrons. The number of carboxylic acid groups (broad SMARTS) is 1. The highest BCUT2D eigenvalue weighted by Gasteiger charge is 2.02. The number of aliphatic carboxylic acids is 1. The largest absolute Gasteiger partial charge is 0.478 e. The zero-order chi connectivity index (χ0) is 13.7. The van der Waals surface area contributed by atoms with Crippen LogP contribution in [0.4, 0.5) is 5.69 Å². The first-order valence-corrected chi connectivity index (χ1v) is 6.78. The lowest BCUT2D eigenvalue weighted by atomic mass is 10.2. The molecular weight excluding hydrogens is 258 g/mol. The van der Waals surface area contributed by atoms with Gasteiger partial charge in [0.25, 0.3) is 0 Å². The molecule has 2 rings (SSSR count). The fourth-order valence-electron chi connectivity index (χ4n) is 1.74. The average Bonchev–Trinajstić information content (AvgIpc) is 2.89. The molecule has 0 spiro atoms. The quantitative estimate of drug-likeness (QED) is 0.848. The first kappa shape index (κ1) is 13.4. The highest BCUT2D eigenvalue weighted by atomic mass is 32.1.